The maximum Gasteiger partial charge on any atom is 0.306 e. The minimum absolute atomic E-state index is 0.0473. The zero-order chi connectivity index (χ0) is 21.7. The van der Waals surface area contributed by atoms with Crippen LogP contribution in [0, 0.1) is 11.3 Å². The van der Waals surface area contributed by atoms with Gasteiger partial charge in [-0.05, 0) is 42.8 Å². The van der Waals surface area contributed by atoms with E-state index in [2.05, 4.69) is 21.2 Å². The molecule has 0 aliphatic carbocycles. The molecule has 0 radical (unpaired) electrons. The normalized spacial score (nSPS) is 12.3. The number of imide groups is 1. The predicted molar refractivity (Wildman–Crippen MR) is 109 cm³/mol. The minimum Gasteiger partial charge on any atom is -0.456 e. The molecule has 9 heteroatoms. The number of nitriles is 1. The molecule has 3 amide bonds. The molecule has 2 aromatic rings. The molecule has 1 aliphatic rings. The molecule has 2 aromatic carbocycles. The number of nitrogens with one attached hydrogen (secondary N) is 1. The molecule has 0 atom stereocenters. The number of anilines is 1. The summed E-state index contributed by atoms with van der Waals surface area (Å²) in [6.45, 7) is -0.400. The Hall–Kier alpha value is -3.51. The summed E-state index contributed by atoms with van der Waals surface area (Å²) in [5, 5.41) is 11.4. The Balaban J connectivity index is 1.42. The van der Waals surface area contributed by atoms with Gasteiger partial charge < -0.3 is 10.1 Å². The first-order chi connectivity index (χ1) is 14.4. The van der Waals surface area contributed by atoms with Crippen molar-refractivity contribution in [3.63, 3.8) is 0 Å². The second-order valence-electron chi connectivity index (χ2n) is 6.46. The van der Waals surface area contributed by atoms with Crippen molar-refractivity contribution in [2.45, 2.75) is 12.8 Å². The average molecular weight is 470 g/mol. The van der Waals surface area contributed by atoms with Gasteiger partial charge >= 0.3 is 5.97 Å². The maximum atomic E-state index is 12.4. The minimum atomic E-state index is -0.615. The monoisotopic (exact) mass is 469 g/mol. The summed E-state index contributed by atoms with van der Waals surface area (Å²) in [6.07, 6.45) is 0.172. The lowest BCUT2D eigenvalue weighted by atomic mass is 10.1. The van der Waals surface area contributed by atoms with Gasteiger partial charge in [0, 0.05) is 23.1 Å². The average Bonchev–Trinajstić information content (AvgIpc) is 2.96. The molecule has 0 saturated heterocycles. The highest BCUT2D eigenvalue weighted by molar-refractivity contribution is 9.10. The van der Waals surface area contributed by atoms with Gasteiger partial charge in [0.05, 0.1) is 22.8 Å². The molecule has 0 bridgehead atoms. The summed E-state index contributed by atoms with van der Waals surface area (Å²) >= 11 is 3.27. The van der Waals surface area contributed by atoms with Crippen LogP contribution < -0.4 is 5.32 Å². The van der Waals surface area contributed by atoms with E-state index < -0.39 is 30.3 Å². The van der Waals surface area contributed by atoms with Crippen LogP contribution >= 0.6 is 15.9 Å². The van der Waals surface area contributed by atoms with Crippen molar-refractivity contribution in [1.29, 1.82) is 5.26 Å². The Morgan fingerprint density at radius 1 is 1.10 bits per heavy atom. The first-order valence-corrected chi connectivity index (χ1v) is 9.79. The van der Waals surface area contributed by atoms with E-state index in [0.717, 1.165) is 4.90 Å². The van der Waals surface area contributed by atoms with Gasteiger partial charge in [-0.3, -0.25) is 24.1 Å². The molecule has 30 heavy (non-hydrogen) atoms. The van der Waals surface area contributed by atoms with E-state index in [-0.39, 0.29) is 19.4 Å². The van der Waals surface area contributed by atoms with Crippen LogP contribution in [-0.2, 0) is 14.3 Å². The number of benzene rings is 2. The van der Waals surface area contributed by atoms with Crippen LogP contribution in [0.5, 0.6) is 0 Å². The van der Waals surface area contributed by atoms with Crippen molar-refractivity contribution < 1.29 is 23.9 Å². The van der Waals surface area contributed by atoms with Gasteiger partial charge in [0.25, 0.3) is 17.7 Å². The van der Waals surface area contributed by atoms with Crippen LogP contribution in [0.2, 0.25) is 0 Å². The fourth-order valence-corrected chi connectivity index (χ4v) is 3.29. The number of carbonyl (C=O) groups is 4. The van der Waals surface area contributed by atoms with Gasteiger partial charge in [-0.25, -0.2) is 0 Å². The molecule has 152 valence electrons. The van der Waals surface area contributed by atoms with Gasteiger partial charge in [0.1, 0.15) is 0 Å². The molecule has 1 heterocycles. The third-order valence-corrected chi connectivity index (χ3v) is 4.83. The number of hydrogen-bond donors (Lipinski definition) is 1. The van der Waals surface area contributed by atoms with Gasteiger partial charge in [0.15, 0.2) is 6.61 Å². The van der Waals surface area contributed by atoms with Crippen LogP contribution in [0.15, 0.2) is 46.9 Å². The fourth-order valence-electron chi connectivity index (χ4n) is 2.93. The molecular weight excluding hydrogens is 454 g/mol. The first-order valence-electron chi connectivity index (χ1n) is 9.00. The third kappa shape index (κ3) is 4.90. The van der Waals surface area contributed by atoms with Gasteiger partial charge in [-0.2, -0.15) is 5.26 Å². The van der Waals surface area contributed by atoms with Crippen molar-refractivity contribution >= 4 is 45.3 Å². The predicted octanol–water partition coefficient (Wildman–Crippen LogP) is 2.88. The second-order valence-corrected chi connectivity index (χ2v) is 7.37. The van der Waals surface area contributed by atoms with Crippen LogP contribution in [-0.4, -0.2) is 41.7 Å². The summed E-state index contributed by atoms with van der Waals surface area (Å²) in [7, 11) is 0. The van der Waals surface area contributed by atoms with E-state index in [1.54, 1.807) is 36.4 Å². The van der Waals surface area contributed by atoms with Crippen LogP contribution in [0.4, 0.5) is 5.69 Å². The lowest BCUT2D eigenvalue weighted by Crippen LogP contribution is -2.31. The summed E-state index contributed by atoms with van der Waals surface area (Å²) in [5.41, 5.74) is 1.48. The van der Waals surface area contributed by atoms with Crippen molar-refractivity contribution in [3.8, 4) is 6.07 Å². The molecule has 3 rings (SSSR count). The molecule has 0 saturated carbocycles. The lowest BCUT2D eigenvalue weighted by Gasteiger charge is -2.13. The molecule has 0 unspecified atom stereocenters. The standard InChI is InChI=1S/C21H16BrN3O5/c22-14-6-7-16-17(10-14)21(29)25(20(16)28)8-2-5-19(27)30-12-18(26)24-15-4-1-3-13(9-15)11-23/h1,3-4,6-7,9-10H,2,5,8,12H2,(H,24,26). The lowest BCUT2D eigenvalue weighted by molar-refractivity contribution is -0.147. The maximum absolute atomic E-state index is 12.4. The Morgan fingerprint density at radius 2 is 1.87 bits per heavy atom. The van der Waals surface area contributed by atoms with E-state index in [1.807, 2.05) is 6.07 Å². The Bertz CT molecular complexity index is 1080. The molecule has 0 spiro atoms. The van der Waals surface area contributed by atoms with E-state index in [9.17, 15) is 19.2 Å². The molecule has 1 N–H and O–H groups in total. The Morgan fingerprint density at radius 3 is 2.63 bits per heavy atom. The van der Waals surface area contributed by atoms with Crippen molar-refractivity contribution in [3.05, 3.63) is 63.6 Å². The summed E-state index contributed by atoms with van der Waals surface area (Å²) in [5.74, 6) is -1.95. The van der Waals surface area contributed by atoms with E-state index >= 15 is 0 Å². The van der Waals surface area contributed by atoms with E-state index in [1.165, 1.54) is 6.07 Å². The largest absolute Gasteiger partial charge is 0.456 e. The number of hydrogen-bond acceptors (Lipinski definition) is 6. The summed E-state index contributed by atoms with van der Waals surface area (Å²) in [4.78, 5) is 49.5. The molecule has 1 aliphatic heterocycles. The molecule has 8 nitrogen and oxygen atoms in total. The van der Waals surface area contributed by atoms with Crippen molar-refractivity contribution in [2.24, 2.45) is 0 Å². The number of fused-ring (bicyclic) bond motifs is 1. The van der Waals surface area contributed by atoms with Gasteiger partial charge in [0.2, 0.25) is 0 Å². The van der Waals surface area contributed by atoms with Crippen molar-refractivity contribution in [1.82, 2.24) is 4.90 Å². The van der Waals surface area contributed by atoms with Crippen LogP contribution in [0.1, 0.15) is 39.1 Å². The number of amides is 3. The summed E-state index contributed by atoms with van der Waals surface area (Å²) in [6, 6.07) is 13.2. The van der Waals surface area contributed by atoms with E-state index in [0.29, 0.717) is 26.9 Å². The fraction of sp³-hybridized carbons (Fsp3) is 0.190. The van der Waals surface area contributed by atoms with Crippen LogP contribution in [0.3, 0.4) is 0 Å². The number of halogens is 1. The highest BCUT2D eigenvalue weighted by atomic mass is 79.9. The quantitative estimate of drug-likeness (QED) is 0.492. The number of carbonyl (C=O) groups excluding carboxylic acids is 4. The molecule has 0 aromatic heterocycles. The van der Waals surface area contributed by atoms with Crippen LogP contribution in [0.25, 0.3) is 0 Å². The van der Waals surface area contributed by atoms with E-state index in [4.69, 9.17) is 10.00 Å². The highest BCUT2D eigenvalue weighted by Gasteiger charge is 2.35. The second kappa shape index (κ2) is 9.33. The SMILES string of the molecule is N#Cc1cccc(NC(=O)COC(=O)CCCN2C(=O)c3ccc(Br)cc3C2=O)c1. The smallest absolute Gasteiger partial charge is 0.306 e. The Labute approximate surface area is 180 Å². The molecule has 0 fully saturated rings. The van der Waals surface area contributed by atoms with Gasteiger partial charge in [-0.1, -0.05) is 22.0 Å². The van der Waals surface area contributed by atoms with Crippen molar-refractivity contribution in [2.75, 3.05) is 18.5 Å². The zero-order valence-corrected chi connectivity index (χ0v) is 17.3. The number of nitrogens with zero attached hydrogens (tertiary/aromatic N) is 2. The Kier molecular flexibility index (Phi) is 6.59. The number of esters is 1. The van der Waals surface area contributed by atoms with Gasteiger partial charge in [-0.15, -0.1) is 0 Å². The number of rotatable bonds is 7. The zero-order valence-electron chi connectivity index (χ0n) is 15.7. The third-order valence-electron chi connectivity index (χ3n) is 4.34. The first kappa shape index (κ1) is 21.2. The topological polar surface area (TPSA) is 117 Å². The summed E-state index contributed by atoms with van der Waals surface area (Å²) < 4.78 is 5.62. The highest BCUT2D eigenvalue weighted by Crippen LogP contribution is 2.26. The number of ether oxygens (including phenoxy) is 1. The molecular formula is C21H16BrN3O5.